The predicted molar refractivity (Wildman–Crippen MR) is 98.0 cm³/mol. The minimum Gasteiger partial charge on any atom is -0.482 e. The lowest BCUT2D eigenvalue weighted by atomic mass is 10.1. The van der Waals surface area contributed by atoms with Crippen LogP contribution < -0.4 is 10.1 Å². The Morgan fingerprint density at radius 3 is 2.71 bits per heavy atom. The van der Waals surface area contributed by atoms with Crippen molar-refractivity contribution in [3.05, 3.63) is 65.3 Å². The van der Waals surface area contributed by atoms with E-state index in [1.807, 2.05) is 20.0 Å². The maximum atomic E-state index is 12.4. The molecular formula is C19H20N4O5. The Labute approximate surface area is 160 Å². The molecule has 9 heteroatoms. The molecule has 2 heterocycles. The highest BCUT2D eigenvalue weighted by molar-refractivity contribution is 5.92. The number of carboxylic acids is 1. The molecule has 0 saturated carbocycles. The number of aliphatic carboxylic acids is 1. The van der Waals surface area contributed by atoms with Crippen LogP contribution in [0.4, 0.5) is 0 Å². The number of aromatic nitrogens is 3. The lowest BCUT2D eigenvalue weighted by Crippen LogP contribution is -2.26. The molecule has 146 valence electrons. The van der Waals surface area contributed by atoms with Crippen LogP contribution in [0.15, 0.2) is 47.2 Å². The Morgan fingerprint density at radius 2 is 2.07 bits per heavy atom. The largest absolute Gasteiger partial charge is 0.482 e. The first-order valence-electron chi connectivity index (χ1n) is 8.61. The first kappa shape index (κ1) is 19.2. The summed E-state index contributed by atoms with van der Waals surface area (Å²) in [4.78, 5) is 22.9. The molecule has 28 heavy (non-hydrogen) atoms. The van der Waals surface area contributed by atoms with Crippen LogP contribution in [0.5, 0.6) is 5.75 Å². The molecule has 0 bridgehead atoms. The van der Waals surface area contributed by atoms with E-state index in [0.29, 0.717) is 18.1 Å². The molecule has 1 unspecified atom stereocenters. The zero-order valence-electron chi connectivity index (χ0n) is 15.5. The number of hydrogen-bond acceptors (Lipinski definition) is 6. The molecule has 0 radical (unpaired) electrons. The maximum absolute atomic E-state index is 12.4. The Bertz CT molecular complexity index is 961. The molecule has 1 aromatic carbocycles. The van der Waals surface area contributed by atoms with Gasteiger partial charge < -0.3 is 19.7 Å². The van der Waals surface area contributed by atoms with Crippen LogP contribution >= 0.6 is 0 Å². The molecule has 0 fully saturated rings. The fraction of sp³-hybridized carbons (Fsp3) is 0.263. The molecule has 0 aliphatic rings. The third-order valence-corrected chi connectivity index (χ3v) is 3.96. The zero-order chi connectivity index (χ0) is 20.1. The number of aryl methyl sites for hydroxylation is 1. The summed E-state index contributed by atoms with van der Waals surface area (Å²) >= 11 is 0. The molecular weight excluding hydrogens is 364 g/mol. The zero-order valence-corrected chi connectivity index (χ0v) is 15.5. The SMILES string of the molecule is Cc1cnn(Cc2cc(C(=O)NC(C)c3ccc(OCC(=O)O)cc3)no2)c1. The topological polar surface area (TPSA) is 119 Å². The molecule has 3 aromatic rings. The second-order valence-electron chi connectivity index (χ2n) is 6.34. The van der Waals surface area contributed by atoms with Gasteiger partial charge in [0.2, 0.25) is 0 Å². The van der Waals surface area contributed by atoms with E-state index in [0.717, 1.165) is 11.1 Å². The van der Waals surface area contributed by atoms with Crippen molar-refractivity contribution < 1.29 is 24.0 Å². The van der Waals surface area contributed by atoms with Crippen molar-refractivity contribution in [2.45, 2.75) is 26.4 Å². The van der Waals surface area contributed by atoms with Crippen molar-refractivity contribution in [3.8, 4) is 5.75 Å². The smallest absolute Gasteiger partial charge is 0.341 e. The maximum Gasteiger partial charge on any atom is 0.341 e. The van der Waals surface area contributed by atoms with E-state index in [1.54, 1.807) is 41.2 Å². The van der Waals surface area contributed by atoms with Gasteiger partial charge in [0.05, 0.1) is 12.2 Å². The van der Waals surface area contributed by atoms with Crippen LogP contribution in [0.25, 0.3) is 0 Å². The van der Waals surface area contributed by atoms with Crippen molar-refractivity contribution in [2.75, 3.05) is 6.61 Å². The number of carbonyl (C=O) groups is 2. The van der Waals surface area contributed by atoms with Crippen LogP contribution in [0.3, 0.4) is 0 Å². The number of amides is 1. The van der Waals surface area contributed by atoms with Crippen LogP contribution in [-0.2, 0) is 11.3 Å². The molecule has 1 amide bonds. The van der Waals surface area contributed by atoms with Crippen molar-refractivity contribution in [3.63, 3.8) is 0 Å². The van der Waals surface area contributed by atoms with E-state index < -0.39 is 12.6 Å². The van der Waals surface area contributed by atoms with Gasteiger partial charge in [-0.05, 0) is 37.1 Å². The fourth-order valence-electron chi connectivity index (χ4n) is 2.56. The number of nitrogens with zero attached hydrogens (tertiary/aromatic N) is 3. The van der Waals surface area contributed by atoms with Crippen LogP contribution in [-0.4, -0.2) is 38.5 Å². The van der Waals surface area contributed by atoms with Crippen LogP contribution in [0, 0.1) is 6.92 Å². The van der Waals surface area contributed by atoms with E-state index in [9.17, 15) is 9.59 Å². The summed E-state index contributed by atoms with van der Waals surface area (Å²) in [6.07, 6.45) is 3.61. The quantitative estimate of drug-likeness (QED) is 0.611. The highest BCUT2D eigenvalue weighted by atomic mass is 16.5. The van der Waals surface area contributed by atoms with E-state index >= 15 is 0 Å². The number of carbonyl (C=O) groups excluding carboxylic acids is 1. The van der Waals surface area contributed by atoms with Gasteiger partial charge in [0.15, 0.2) is 18.1 Å². The summed E-state index contributed by atoms with van der Waals surface area (Å²) in [7, 11) is 0. The van der Waals surface area contributed by atoms with Crippen LogP contribution in [0.2, 0.25) is 0 Å². The summed E-state index contributed by atoms with van der Waals surface area (Å²) in [5.41, 5.74) is 2.06. The number of nitrogens with one attached hydrogen (secondary N) is 1. The van der Waals surface area contributed by atoms with Gasteiger partial charge in [0.1, 0.15) is 12.3 Å². The van der Waals surface area contributed by atoms with Crippen molar-refractivity contribution in [1.82, 2.24) is 20.3 Å². The van der Waals surface area contributed by atoms with E-state index in [4.69, 9.17) is 14.4 Å². The average molecular weight is 384 g/mol. The second kappa shape index (κ2) is 8.38. The Morgan fingerprint density at radius 1 is 1.32 bits per heavy atom. The first-order valence-corrected chi connectivity index (χ1v) is 8.61. The molecule has 3 rings (SSSR count). The van der Waals surface area contributed by atoms with Gasteiger partial charge in [-0.15, -0.1) is 0 Å². The highest BCUT2D eigenvalue weighted by Crippen LogP contribution is 2.18. The van der Waals surface area contributed by atoms with Gasteiger partial charge >= 0.3 is 5.97 Å². The molecule has 2 aromatic heterocycles. The molecule has 0 saturated heterocycles. The molecule has 0 aliphatic carbocycles. The fourth-order valence-corrected chi connectivity index (χ4v) is 2.56. The summed E-state index contributed by atoms with van der Waals surface area (Å²) in [6.45, 7) is 3.76. The summed E-state index contributed by atoms with van der Waals surface area (Å²) in [5.74, 6) is -0.426. The highest BCUT2D eigenvalue weighted by Gasteiger charge is 2.16. The summed E-state index contributed by atoms with van der Waals surface area (Å²) in [6, 6.07) is 8.13. The van der Waals surface area contributed by atoms with E-state index in [2.05, 4.69) is 15.6 Å². The summed E-state index contributed by atoms with van der Waals surface area (Å²) < 4.78 is 12.0. The Hall–Kier alpha value is -3.62. The van der Waals surface area contributed by atoms with E-state index in [-0.39, 0.29) is 17.6 Å². The predicted octanol–water partition coefficient (Wildman–Crippen LogP) is 2.18. The number of ether oxygens (including phenoxy) is 1. The minimum atomic E-state index is -1.04. The molecule has 2 N–H and O–H groups in total. The second-order valence-corrected chi connectivity index (χ2v) is 6.34. The number of rotatable bonds is 8. The number of hydrogen-bond donors (Lipinski definition) is 2. The first-order chi connectivity index (χ1) is 13.4. The van der Waals surface area contributed by atoms with Crippen molar-refractivity contribution in [1.29, 1.82) is 0 Å². The number of carboxylic acid groups (broad SMARTS) is 1. The van der Waals surface area contributed by atoms with Crippen molar-refractivity contribution in [2.24, 2.45) is 0 Å². The van der Waals surface area contributed by atoms with Crippen LogP contribution in [0.1, 0.15) is 40.3 Å². The van der Waals surface area contributed by atoms with E-state index in [1.165, 1.54) is 0 Å². The van der Waals surface area contributed by atoms with Gasteiger partial charge in [-0.25, -0.2) is 4.79 Å². The molecule has 1 atom stereocenters. The normalized spacial score (nSPS) is 11.8. The molecule has 0 spiro atoms. The minimum absolute atomic E-state index is 0.187. The Kier molecular flexibility index (Phi) is 5.73. The monoisotopic (exact) mass is 384 g/mol. The van der Waals surface area contributed by atoms with Gasteiger partial charge in [0.25, 0.3) is 5.91 Å². The van der Waals surface area contributed by atoms with Gasteiger partial charge in [-0.1, -0.05) is 17.3 Å². The average Bonchev–Trinajstić information content (AvgIpc) is 3.29. The lowest BCUT2D eigenvalue weighted by molar-refractivity contribution is -0.139. The number of benzene rings is 1. The third kappa shape index (κ3) is 4.97. The Balaban J connectivity index is 1.57. The third-order valence-electron chi connectivity index (χ3n) is 3.96. The lowest BCUT2D eigenvalue weighted by Gasteiger charge is -2.14. The standard InChI is InChI=1S/C19H20N4O5/c1-12-8-20-23(9-12)10-16-7-17(22-28-16)19(26)21-13(2)14-3-5-15(6-4-14)27-11-18(24)25/h3-9,13H,10-11H2,1-2H3,(H,21,26)(H,24,25). The van der Waals surface area contributed by atoms with Gasteiger partial charge in [-0.3, -0.25) is 9.48 Å². The van der Waals surface area contributed by atoms with Gasteiger partial charge in [-0.2, -0.15) is 5.10 Å². The van der Waals surface area contributed by atoms with Crippen molar-refractivity contribution >= 4 is 11.9 Å². The molecule has 0 aliphatic heterocycles. The summed E-state index contributed by atoms with van der Waals surface area (Å²) in [5, 5.41) is 19.4. The van der Waals surface area contributed by atoms with Gasteiger partial charge in [0, 0.05) is 12.3 Å². The molecule has 9 nitrogen and oxygen atoms in total.